The number of hydrogen-bond donors (Lipinski definition) is 3. The Bertz CT molecular complexity index is 671. The first kappa shape index (κ1) is 12.6. The SMILES string of the molecule is O=C(Nc1ccccc1C(=O)O)c1ccc(=O)[nH]c1. The van der Waals surface area contributed by atoms with Crippen LogP contribution >= 0.6 is 0 Å². The van der Waals surface area contributed by atoms with Gasteiger partial charge in [0.2, 0.25) is 5.56 Å². The Labute approximate surface area is 107 Å². The van der Waals surface area contributed by atoms with Crippen LogP contribution in [0.25, 0.3) is 0 Å². The standard InChI is InChI=1S/C13H10N2O4/c16-11-6-5-8(7-14-11)12(17)15-10-4-2-1-3-9(10)13(18)19/h1-7H,(H,14,16)(H,15,17)(H,18,19). The molecular weight excluding hydrogens is 248 g/mol. The van der Waals surface area contributed by atoms with Crippen LogP contribution in [0.1, 0.15) is 20.7 Å². The fraction of sp³-hybridized carbons (Fsp3) is 0. The molecule has 0 aliphatic rings. The molecule has 0 saturated carbocycles. The molecule has 2 aromatic rings. The highest BCUT2D eigenvalue weighted by Crippen LogP contribution is 2.15. The maximum absolute atomic E-state index is 11.9. The van der Waals surface area contributed by atoms with Crippen LogP contribution in [0.3, 0.4) is 0 Å². The first-order valence-corrected chi connectivity index (χ1v) is 5.40. The fourth-order valence-electron chi connectivity index (χ4n) is 1.52. The number of carboxylic acids is 1. The molecule has 0 bridgehead atoms. The van der Waals surface area contributed by atoms with E-state index in [1.165, 1.54) is 30.5 Å². The summed E-state index contributed by atoms with van der Waals surface area (Å²) in [4.78, 5) is 36.1. The molecule has 2 rings (SSSR count). The largest absolute Gasteiger partial charge is 0.478 e. The number of carbonyl (C=O) groups is 2. The van der Waals surface area contributed by atoms with Gasteiger partial charge in [0.05, 0.1) is 16.8 Å². The third-order valence-electron chi connectivity index (χ3n) is 2.45. The molecule has 0 aliphatic heterocycles. The van der Waals surface area contributed by atoms with Crippen molar-refractivity contribution in [3.05, 3.63) is 64.1 Å². The highest BCUT2D eigenvalue weighted by atomic mass is 16.4. The molecule has 19 heavy (non-hydrogen) atoms. The van der Waals surface area contributed by atoms with Gasteiger partial charge in [0, 0.05) is 12.3 Å². The summed E-state index contributed by atoms with van der Waals surface area (Å²) in [6.07, 6.45) is 1.26. The molecule has 1 aromatic heterocycles. The molecular formula is C13H10N2O4. The van der Waals surface area contributed by atoms with Gasteiger partial charge in [-0.2, -0.15) is 0 Å². The van der Waals surface area contributed by atoms with Crippen molar-refractivity contribution in [2.24, 2.45) is 0 Å². The van der Waals surface area contributed by atoms with Gasteiger partial charge in [-0.15, -0.1) is 0 Å². The maximum Gasteiger partial charge on any atom is 0.337 e. The molecule has 96 valence electrons. The first-order chi connectivity index (χ1) is 9.08. The van der Waals surface area contributed by atoms with E-state index in [0.29, 0.717) is 0 Å². The maximum atomic E-state index is 11.9. The highest BCUT2D eigenvalue weighted by molar-refractivity contribution is 6.07. The number of H-pyrrole nitrogens is 1. The van der Waals surface area contributed by atoms with Crippen LogP contribution in [0.2, 0.25) is 0 Å². The van der Waals surface area contributed by atoms with Crippen LogP contribution in [-0.2, 0) is 0 Å². The molecule has 6 heteroatoms. The fourth-order valence-corrected chi connectivity index (χ4v) is 1.52. The number of benzene rings is 1. The van der Waals surface area contributed by atoms with Crippen molar-refractivity contribution in [3.63, 3.8) is 0 Å². The van der Waals surface area contributed by atoms with E-state index in [0.717, 1.165) is 0 Å². The highest BCUT2D eigenvalue weighted by Gasteiger charge is 2.12. The molecule has 1 amide bonds. The van der Waals surface area contributed by atoms with Gasteiger partial charge < -0.3 is 15.4 Å². The van der Waals surface area contributed by atoms with Gasteiger partial charge in [0.25, 0.3) is 5.91 Å². The number of carbonyl (C=O) groups excluding carboxylic acids is 1. The van der Waals surface area contributed by atoms with Crippen LogP contribution in [0.4, 0.5) is 5.69 Å². The average molecular weight is 258 g/mol. The smallest absolute Gasteiger partial charge is 0.337 e. The van der Waals surface area contributed by atoms with E-state index in [1.54, 1.807) is 12.1 Å². The van der Waals surface area contributed by atoms with E-state index in [-0.39, 0.29) is 22.4 Å². The minimum Gasteiger partial charge on any atom is -0.478 e. The summed E-state index contributed by atoms with van der Waals surface area (Å²) in [7, 11) is 0. The van der Waals surface area contributed by atoms with Gasteiger partial charge in [-0.3, -0.25) is 9.59 Å². The zero-order valence-corrected chi connectivity index (χ0v) is 9.71. The Balaban J connectivity index is 2.26. The second-order valence-corrected chi connectivity index (χ2v) is 3.75. The van der Waals surface area contributed by atoms with Crippen molar-refractivity contribution in [2.45, 2.75) is 0 Å². The third-order valence-corrected chi connectivity index (χ3v) is 2.45. The van der Waals surface area contributed by atoms with Crippen molar-refractivity contribution < 1.29 is 14.7 Å². The number of pyridine rings is 1. The normalized spacial score (nSPS) is 9.89. The summed E-state index contributed by atoms with van der Waals surface area (Å²) in [5.74, 6) is -1.62. The number of hydrogen-bond acceptors (Lipinski definition) is 3. The van der Waals surface area contributed by atoms with Gasteiger partial charge in [-0.1, -0.05) is 12.1 Å². The Morgan fingerprint density at radius 2 is 1.84 bits per heavy atom. The molecule has 0 fully saturated rings. The summed E-state index contributed by atoms with van der Waals surface area (Å²) >= 11 is 0. The molecule has 1 aromatic carbocycles. The Morgan fingerprint density at radius 1 is 1.11 bits per heavy atom. The Hall–Kier alpha value is -2.89. The van der Waals surface area contributed by atoms with Crippen LogP contribution in [0.15, 0.2) is 47.4 Å². The number of carboxylic acid groups (broad SMARTS) is 1. The Morgan fingerprint density at radius 3 is 2.47 bits per heavy atom. The van der Waals surface area contributed by atoms with Gasteiger partial charge in [-0.05, 0) is 18.2 Å². The number of aromatic carboxylic acids is 1. The monoisotopic (exact) mass is 258 g/mol. The van der Waals surface area contributed by atoms with E-state index in [4.69, 9.17) is 5.11 Å². The van der Waals surface area contributed by atoms with Crippen LogP contribution in [0, 0.1) is 0 Å². The summed E-state index contributed by atoms with van der Waals surface area (Å²) in [6, 6.07) is 8.65. The second kappa shape index (κ2) is 5.18. The zero-order valence-electron chi connectivity index (χ0n) is 9.71. The van der Waals surface area contributed by atoms with Crippen molar-refractivity contribution >= 4 is 17.6 Å². The number of rotatable bonds is 3. The number of nitrogens with one attached hydrogen (secondary N) is 2. The number of aromatic nitrogens is 1. The number of para-hydroxylation sites is 1. The van der Waals surface area contributed by atoms with Crippen LogP contribution < -0.4 is 10.9 Å². The molecule has 6 nitrogen and oxygen atoms in total. The number of aromatic amines is 1. The molecule has 0 aliphatic carbocycles. The predicted molar refractivity (Wildman–Crippen MR) is 68.4 cm³/mol. The van der Waals surface area contributed by atoms with E-state index in [9.17, 15) is 14.4 Å². The predicted octanol–water partition coefficient (Wildman–Crippen LogP) is 1.33. The molecule has 0 atom stereocenters. The van der Waals surface area contributed by atoms with Crippen LogP contribution in [-0.4, -0.2) is 22.0 Å². The average Bonchev–Trinajstić information content (AvgIpc) is 2.39. The minimum absolute atomic E-state index is 0.000254. The molecule has 0 unspecified atom stereocenters. The van der Waals surface area contributed by atoms with E-state index >= 15 is 0 Å². The van der Waals surface area contributed by atoms with Crippen molar-refractivity contribution in [1.29, 1.82) is 0 Å². The molecule has 0 radical (unpaired) electrons. The van der Waals surface area contributed by atoms with Crippen molar-refractivity contribution in [1.82, 2.24) is 4.98 Å². The second-order valence-electron chi connectivity index (χ2n) is 3.75. The van der Waals surface area contributed by atoms with E-state index in [1.807, 2.05) is 0 Å². The minimum atomic E-state index is -1.13. The zero-order chi connectivity index (χ0) is 13.8. The summed E-state index contributed by atoms with van der Waals surface area (Å²) in [5, 5.41) is 11.5. The van der Waals surface area contributed by atoms with E-state index in [2.05, 4.69) is 10.3 Å². The van der Waals surface area contributed by atoms with Crippen molar-refractivity contribution in [2.75, 3.05) is 5.32 Å². The van der Waals surface area contributed by atoms with Crippen LogP contribution in [0.5, 0.6) is 0 Å². The van der Waals surface area contributed by atoms with Gasteiger partial charge in [0.1, 0.15) is 0 Å². The number of anilines is 1. The lowest BCUT2D eigenvalue weighted by Crippen LogP contribution is -2.16. The molecule has 3 N–H and O–H groups in total. The summed E-state index contributed by atoms with van der Waals surface area (Å²) in [5.41, 5.74) is 0.119. The Kier molecular flexibility index (Phi) is 3.42. The van der Waals surface area contributed by atoms with E-state index < -0.39 is 11.9 Å². The van der Waals surface area contributed by atoms with Crippen molar-refractivity contribution in [3.8, 4) is 0 Å². The lowest BCUT2D eigenvalue weighted by Gasteiger charge is -2.07. The van der Waals surface area contributed by atoms with Gasteiger partial charge in [0.15, 0.2) is 0 Å². The summed E-state index contributed by atoms with van der Waals surface area (Å²) in [6.45, 7) is 0. The summed E-state index contributed by atoms with van der Waals surface area (Å²) < 4.78 is 0. The molecule has 0 saturated heterocycles. The topological polar surface area (TPSA) is 99.3 Å². The van der Waals surface area contributed by atoms with Gasteiger partial charge in [-0.25, -0.2) is 4.79 Å². The van der Waals surface area contributed by atoms with Gasteiger partial charge >= 0.3 is 5.97 Å². The lowest BCUT2D eigenvalue weighted by atomic mass is 10.1. The molecule has 1 heterocycles. The first-order valence-electron chi connectivity index (χ1n) is 5.40. The number of amides is 1. The lowest BCUT2D eigenvalue weighted by molar-refractivity contribution is 0.0698. The quantitative estimate of drug-likeness (QED) is 0.773. The molecule has 0 spiro atoms. The third kappa shape index (κ3) is 2.86.